The molecule has 0 unspecified atom stereocenters. The maximum Gasteiger partial charge on any atom is 0.283 e. The maximum absolute atomic E-state index is 12.0. The second-order valence-electron chi connectivity index (χ2n) is 4.41. The summed E-state index contributed by atoms with van der Waals surface area (Å²) in [6, 6.07) is 7.29. The normalized spacial score (nSPS) is 14.3. The summed E-state index contributed by atoms with van der Waals surface area (Å²) in [5.74, 6) is 0.587. The van der Waals surface area contributed by atoms with Crippen LogP contribution in [0.4, 0.5) is 5.69 Å². The fourth-order valence-electron chi connectivity index (χ4n) is 2.05. The van der Waals surface area contributed by atoms with Crippen LogP contribution in [0.25, 0.3) is 0 Å². The van der Waals surface area contributed by atoms with Gasteiger partial charge < -0.3 is 15.0 Å². The molecule has 1 aromatic rings. The van der Waals surface area contributed by atoms with Crippen molar-refractivity contribution in [3.8, 4) is 5.75 Å². The summed E-state index contributed by atoms with van der Waals surface area (Å²) in [6.45, 7) is 4.33. The molecule has 1 heterocycles. The largest absolute Gasteiger partial charge is 0.494 e. The first-order valence-electron chi connectivity index (χ1n) is 6.54. The first-order chi connectivity index (χ1) is 9.20. The summed E-state index contributed by atoms with van der Waals surface area (Å²) in [4.78, 5) is 14.3. The zero-order chi connectivity index (χ0) is 13.7. The van der Waals surface area contributed by atoms with E-state index in [4.69, 9.17) is 17.0 Å². The molecule has 1 aliphatic rings. The molecule has 2 rings (SSSR count). The SMILES string of the molecule is CCOc1ccc(NC(=O)C(=S)N2CCCC2)cc1. The third kappa shape index (κ3) is 3.67. The van der Waals surface area contributed by atoms with Crippen molar-refractivity contribution in [3.63, 3.8) is 0 Å². The molecule has 1 fully saturated rings. The fraction of sp³-hybridized carbons (Fsp3) is 0.429. The molecule has 0 bridgehead atoms. The van der Waals surface area contributed by atoms with Gasteiger partial charge in [0.2, 0.25) is 0 Å². The maximum atomic E-state index is 12.0. The van der Waals surface area contributed by atoms with E-state index >= 15 is 0 Å². The Morgan fingerprint density at radius 2 is 1.95 bits per heavy atom. The molecule has 5 heteroatoms. The monoisotopic (exact) mass is 278 g/mol. The number of thiocarbonyl (C=S) groups is 1. The van der Waals surface area contributed by atoms with Gasteiger partial charge in [-0.25, -0.2) is 0 Å². The molecule has 0 radical (unpaired) electrons. The van der Waals surface area contributed by atoms with Crippen LogP contribution in [0, 0.1) is 0 Å². The van der Waals surface area contributed by atoms with E-state index in [1.165, 1.54) is 0 Å². The molecule has 0 aliphatic carbocycles. The molecule has 1 N–H and O–H groups in total. The van der Waals surface area contributed by atoms with Gasteiger partial charge in [0.05, 0.1) is 6.61 Å². The van der Waals surface area contributed by atoms with Gasteiger partial charge in [0.25, 0.3) is 5.91 Å². The minimum atomic E-state index is -0.207. The molecule has 0 saturated carbocycles. The van der Waals surface area contributed by atoms with Crippen molar-refractivity contribution in [2.24, 2.45) is 0 Å². The fourth-order valence-corrected chi connectivity index (χ4v) is 2.28. The van der Waals surface area contributed by atoms with Crippen LogP contribution in [0.15, 0.2) is 24.3 Å². The number of carbonyl (C=O) groups is 1. The summed E-state index contributed by atoms with van der Waals surface area (Å²) in [5.41, 5.74) is 0.731. The third-order valence-corrected chi connectivity index (χ3v) is 3.45. The molecule has 0 aromatic heterocycles. The Morgan fingerprint density at radius 3 is 2.53 bits per heavy atom. The summed E-state index contributed by atoms with van der Waals surface area (Å²) >= 11 is 5.19. The van der Waals surface area contributed by atoms with Crippen LogP contribution in [-0.4, -0.2) is 35.5 Å². The first-order valence-corrected chi connectivity index (χ1v) is 6.94. The van der Waals surface area contributed by atoms with Gasteiger partial charge in [-0.3, -0.25) is 4.79 Å². The molecular weight excluding hydrogens is 260 g/mol. The van der Waals surface area contributed by atoms with Crippen molar-refractivity contribution in [2.75, 3.05) is 25.0 Å². The average Bonchev–Trinajstić information content (AvgIpc) is 2.94. The smallest absolute Gasteiger partial charge is 0.283 e. The van der Waals surface area contributed by atoms with Crippen molar-refractivity contribution in [1.29, 1.82) is 0 Å². The highest BCUT2D eigenvalue weighted by Crippen LogP contribution is 2.16. The lowest BCUT2D eigenvalue weighted by molar-refractivity contribution is -0.110. The number of hydrogen-bond acceptors (Lipinski definition) is 3. The van der Waals surface area contributed by atoms with Crippen LogP contribution < -0.4 is 10.1 Å². The van der Waals surface area contributed by atoms with Crippen LogP contribution in [0.1, 0.15) is 19.8 Å². The summed E-state index contributed by atoms with van der Waals surface area (Å²) in [7, 11) is 0. The molecular formula is C14H18N2O2S. The highest BCUT2D eigenvalue weighted by molar-refractivity contribution is 7.82. The van der Waals surface area contributed by atoms with Gasteiger partial charge in [-0.15, -0.1) is 0 Å². The number of nitrogens with zero attached hydrogens (tertiary/aromatic N) is 1. The van der Waals surface area contributed by atoms with Crippen molar-refractivity contribution >= 4 is 28.8 Å². The van der Waals surface area contributed by atoms with E-state index in [1.54, 1.807) is 0 Å². The summed E-state index contributed by atoms with van der Waals surface area (Å²) in [6.07, 6.45) is 2.22. The van der Waals surface area contributed by atoms with Gasteiger partial charge in [-0.1, -0.05) is 12.2 Å². The third-order valence-electron chi connectivity index (χ3n) is 3.01. The predicted molar refractivity (Wildman–Crippen MR) is 79.6 cm³/mol. The Labute approximate surface area is 118 Å². The number of rotatable bonds is 3. The number of likely N-dealkylation sites (tertiary alicyclic amines) is 1. The van der Waals surface area contributed by atoms with Crippen molar-refractivity contribution in [1.82, 2.24) is 4.90 Å². The second-order valence-corrected chi connectivity index (χ2v) is 4.80. The van der Waals surface area contributed by atoms with E-state index in [2.05, 4.69) is 5.32 Å². The first kappa shape index (κ1) is 13.8. The van der Waals surface area contributed by atoms with Crippen molar-refractivity contribution < 1.29 is 9.53 Å². The van der Waals surface area contributed by atoms with E-state index in [9.17, 15) is 4.79 Å². The number of anilines is 1. The number of nitrogens with one attached hydrogen (secondary N) is 1. The van der Waals surface area contributed by atoms with Crippen LogP contribution >= 0.6 is 12.2 Å². The molecule has 1 aromatic carbocycles. The van der Waals surface area contributed by atoms with Crippen molar-refractivity contribution in [2.45, 2.75) is 19.8 Å². The minimum absolute atomic E-state index is 0.207. The lowest BCUT2D eigenvalue weighted by atomic mass is 10.3. The number of hydrogen-bond donors (Lipinski definition) is 1. The van der Waals surface area contributed by atoms with E-state index in [0.717, 1.165) is 37.4 Å². The molecule has 102 valence electrons. The lowest BCUT2D eigenvalue weighted by Crippen LogP contribution is -2.36. The highest BCUT2D eigenvalue weighted by Gasteiger charge is 2.20. The van der Waals surface area contributed by atoms with Crippen LogP contribution in [0.5, 0.6) is 5.75 Å². The van der Waals surface area contributed by atoms with E-state index in [0.29, 0.717) is 11.6 Å². The number of carbonyl (C=O) groups excluding carboxylic acids is 1. The number of benzene rings is 1. The molecule has 1 amide bonds. The van der Waals surface area contributed by atoms with Gasteiger partial charge in [0.15, 0.2) is 4.99 Å². The molecule has 1 aliphatic heterocycles. The predicted octanol–water partition coefficient (Wildman–Crippen LogP) is 2.45. The van der Waals surface area contributed by atoms with Gasteiger partial charge in [0.1, 0.15) is 5.75 Å². The summed E-state index contributed by atoms with van der Waals surface area (Å²) < 4.78 is 5.35. The van der Waals surface area contributed by atoms with Gasteiger partial charge >= 0.3 is 0 Å². The highest BCUT2D eigenvalue weighted by atomic mass is 32.1. The molecule has 1 saturated heterocycles. The minimum Gasteiger partial charge on any atom is -0.494 e. The Kier molecular flexibility index (Phi) is 4.74. The topological polar surface area (TPSA) is 41.6 Å². The van der Waals surface area contributed by atoms with Crippen LogP contribution in [0.3, 0.4) is 0 Å². The number of ether oxygens (including phenoxy) is 1. The molecule has 0 spiro atoms. The van der Waals surface area contributed by atoms with Gasteiger partial charge in [0, 0.05) is 18.8 Å². The standard InChI is InChI=1S/C14H18N2O2S/c1-2-18-12-7-5-11(6-8-12)15-13(17)14(19)16-9-3-4-10-16/h5-8H,2-4,9-10H2,1H3,(H,15,17). The number of amides is 1. The van der Waals surface area contributed by atoms with E-state index < -0.39 is 0 Å². The van der Waals surface area contributed by atoms with E-state index in [1.807, 2.05) is 36.1 Å². The molecule has 4 nitrogen and oxygen atoms in total. The summed E-state index contributed by atoms with van der Waals surface area (Å²) in [5, 5.41) is 2.81. The average molecular weight is 278 g/mol. The Balaban J connectivity index is 1.92. The van der Waals surface area contributed by atoms with Gasteiger partial charge in [-0.05, 0) is 44.0 Å². The Hall–Kier alpha value is -1.62. The molecule has 0 atom stereocenters. The van der Waals surface area contributed by atoms with E-state index in [-0.39, 0.29) is 5.91 Å². The van der Waals surface area contributed by atoms with Crippen molar-refractivity contribution in [3.05, 3.63) is 24.3 Å². The quantitative estimate of drug-likeness (QED) is 0.862. The molecule has 19 heavy (non-hydrogen) atoms. The van der Waals surface area contributed by atoms with Crippen LogP contribution in [-0.2, 0) is 4.79 Å². The Morgan fingerprint density at radius 1 is 1.32 bits per heavy atom. The lowest BCUT2D eigenvalue weighted by Gasteiger charge is -2.17. The van der Waals surface area contributed by atoms with Crippen LogP contribution in [0.2, 0.25) is 0 Å². The second kappa shape index (κ2) is 6.52. The zero-order valence-electron chi connectivity index (χ0n) is 11.0. The Bertz CT molecular complexity index is 453. The zero-order valence-corrected chi connectivity index (χ0v) is 11.8. The van der Waals surface area contributed by atoms with Gasteiger partial charge in [-0.2, -0.15) is 0 Å².